The van der Waals surface area contributed by atoms with Gasteiger partial charge in [0.1, 0.15) is 0 Å². The third kappa shape index (κ3) is 4.74. The molecule has 0 amide bonds. The minimum Gasteiger partial charge on any atom is -0.299 e. The van der Waals surface area contributed by atoms with Crippen LogP contribution < -0.4 is 0 Å². The number of nitro groups is 2. The molecule has 0 N–H and O–H groups in total. The predicted molar refractivity (Wildman–Crippen MR) is 117 cm³/mol. The van der Waals surface area contributed by atoms with E-state index in [0.717, 1.165) is 48.3 Å². The van der Waals surface area contributed by atoms with Crippen LogP contribution in [0.2, 0.25) is 0 Å². The summed E-state index contributed by atoms with van der Waals surface area (Å²) in [6, 6.07) is 13.9. The van der Waals surface area contributed by atoms with Gasteiger partial charge in [0.25, 0.3) is 11.4 Å². The van der Waals surface area contributed by atoms with Crippen LogP contribution in [-0.4, -0.2) is 24.6 Å². The number of rotatable bonds is 7. The van der Waals surface area contributed by atoms with E-state index in [2.05, 4.69) is 14.8 Å². The van der Waals surface area contributed by atoms with E-state index in [1.165, 1.54) is 30.3 Å². The number of thioether (sulfide) groups is 1. The molecule has 2 aromatic carbocycles. The molecule has 1 aliphatic carbocycles. The van der Waals surface area contributed by atoms with Crippen LogP contribution in [0.15, 0.2) is 53.7 Å². The Hall–Kier alpha value is -3.27. The molecule has 0 radical (unpaired) electrons. The van der Waals surface area contributed by atoms with Crippen molar-refractivity contribution >= 4 is 23.1 Å². The molecule has 3 aromatic rings. The fourth-order valence-corrected chi connectivity index (χ4v) is 4.86. The monoisotopic (exact) mass is 439 g/mol. The molecule has 1 heterocycles. The predicted octanol–water partition coefficient (Wildman–Crippen LogP) is 5.56. The van der Waals surface area contributed by atoms with E-state index in [-0.39, 0.29) is 11.4 Å². The van der Waals surface area contributed by atoms with Gasteiger partial charge in [-0.1, -0.05) is 61.4 Å². The molecule has 0 saturated heterocycles. The zero-order valence-electron chi connectivity index (χ0n) is 16.7. The van der Waals surface area contributed by atoms with Crippen LogP contribution in [0.4, 0.5) is 11.4 Å². The minimum atomic E-state index is -0.612. The van der Waals surface area contributed by atoms with Crippen molar-refractivity contribution in [3.63, 3.8) is 0 Å². The van der Waals surface area contributed by atoms with E-state index in [4.69, 9.17) is 0 Å². The van der Waals surface area contributed by atoms with Crippen LogP contribution in [0.1, 0.15) is 43.7 Å². The minimum absolute atomic E-state index is 0.288. The number of non-ortho nitro benzene ring substituents is 2. The van der Waals surface area contributed by atoms with Crippen LogP contribution >= 0.6 is 11.8 Å². The van der Waals surface area contributed by atoms with E-state index in [1.54, 1.807) is 0 Å². The number of benzene rings is 2. The van der Waals surface area contributed by atoms with Gasteiger partial charge in [-0.15, -0.1) is 10.2 Å². The van der Waals surface area contributed by atoms with Crippen molar-refractivity contribution in [1.29, 1.82) is 0 Å². The molecule has 160 valence electrons. The normalized spacial score (nSPS) is 14.5. The van der Waals surface area contributed by atoms with Gasteiger partial charge in [-0.2, -0.15) is 0 Å². The molecule has 1 aromatic heterocycles. The molecular formula is C21H21N5O4S. The van der Waals surface area contributed by atoms with E-state index in [0.29, 0.717) is 17.4 Å². The Kier molecular flexibility index (Phi) is 6.26. The van der Waals surface area contributed by atoms with Gasteiger partial charge >= 0.3 is 0 Å². The highest BCUT2D eigenvalue weighted by atomic mass is 32.2. The van der Waals surface area contributed by atoms with Gasteiger partial charge in [-0.05, 0) is 18.4 Å². The molecule has 1 saturated carbocycles. The summed E-state index contributed by atoms with van der Waals surface area (Å²) in [4.78, 5) is 21.1. The number of hydrogen-bond donors (Lipinski definition) is 0. The van der Waals surface area contributed by atoms with Crippen molar-refractivity contribution < 1.29 is 9.85 Å². The third-order valence-electron chi connectivity index (χ3n) is 5.39. The Morgan fingerprint density at radius 3 is 2.19 bits per heavy atom. The van der Waals surface area contributed by atoms with Crippen LogP contribution in [0.5, 0.6) is 0 Å². The number of nitrogens with zero attached hydrogens (tertiary/aromatic N) is 5. The standard InChI is InChI=1S/C21H21N5O4S/c27-25(28)18-11-15(12-19(13-18)26(29)30)14-31-21-23-22-20(16-7-3-1-4-8-16)24(21)17-9-5-2-6-10-17/h1,3-4,7-8,11-13,17H,2,5-6,9-10,14H2. The zero-order valence-corrected chi connectivity index (χ0v) is 17.5. The Morgan fingerprint density at radius 1 is 0.935 bits per heavy atom. The van der Waals surface area contributed by atoms with Crippen molar-refractivity contribution in [1.82, 2.24) is 14.8 Å². The quantitative estimate of drug-likeness (QED) is 0.269. The van der Waals surface area contributed by atoms with Gasteiger partial charge in [-0.25, -0.2) is 0 Å². The lowest BCUT2D eigenvalue weighted by molar-refractivity contribution is -0.394. The average Bonchev–Trinajstić information content (AvgIpc) is 3.22. The Bertz CT molecular complexity index is 1060. The van der Waals surface area contributed by atoms with Gasteiger partial charge in [0.15, 0.2) is 11.0 Å². The first-order valence-corrected chi connectivity index (χ1v) is 11.1. The summed E-state index contributed by atoms with van der Waals surface area (Å²) in [6.45, 7) is 0. The second-order valence-corrected chi connectivity index (χ2v) is 8.44. The summed E-state index contributed by atoms with van der Waals surface area (Å²) in [5, 5.41) is 31.9. The average molecular weight is 439 g/mol. The molecule has 0 spiro atoms. The van der Waals surface area contributed by atoms with Crippen molar-refractivity contribution in [2.24, 2.45) is 0 Å². The number of nitro benzene ring substituents is 2. The maximum Gasteiger partial charge on any atom is 0.276 e. The SMILES string of the molecule is O=[N+]([O-])c1cc(CSc2nnc(-c3ccccc3)n2C2CCCCC2)cc([N+](=O)[O-])c1. The van der Waals surface area contributed by atoms with Gasteiger partial charge in [0.05, 0.1) is 15.9 Å². The summed E-state index contributed by atoms with van der Waals surface area (Å²) in [7, 11) is 0. The van der Waals surface area contributed by atoms with E-state index in [9.17, 15) is 20.2 Å². The Labute approximate surface area is 182 Å². The molecule has 0 unspecified atom stereocenters. The fraction of sp³-hybridized carbons (Fsp3) is 0.333. The second kappa shape index (κ2) is 9.25. The third-order valence-corrected chi connectivity index (χ3v) is 6.40. The number of hydrogen-bond acceptors (Lipinski definition) is 7. The molecule has 0 atom stereocenters. The summed E-state index contributed by atoms with van der Waals surface area (Å²) >= 11 is 1.39. The summed E-state index contributed by atoms with van der Waals surface area (Å²) in [6.07, 6.45) is 5.62. The van der Waals surface area contributed by atoms with E-state index < -0.39 is 9.85 Å². The smallest absolute Gasteiger partial charge is 0.276 e. The molecule has 31 heavy (non-hydrogen) atoms. The molecular weight excluding hydrogens is 418 g/mol. The second-order valence-electron chi connectivity index (χ2n) is 7.49. The van der Waals surface area contributed by atoms with Gasteiger partial charge in [0.2, 0.25) is 0 Å². The largest absolute Gasteiger partial charge is 0.299 e. The van der Waals surface area contributed by atoms with Gasteiger partial charge in [0, 0.05) is 29.5 Å². The van der Waals surface area contributed by atoms with Crippen LogP contribution in [0.25, 0.3) is 11.4 Å². The first-order valence-electron chi connectivity index (χ1n) is 10.1. The maximum absolute atomic E-state index is 11.2. The molecule has 0 aliphatic heterocycles. The summed E-state index contributed by atoms with van der Waals surface area (Å²) < 4.78 is 2.17. The molecule has 9 nitrogen and oxygen atoms in total. The van der Waals surface area contributed by atoms with E-state index >= 15 is 0 Å². The highest BCUT2D eigenvalue weighted by Crippen LogP contribution is 2.37. The lowest BCUT2D eigenvalue weighted by Gasteiger charge is -2.25. The summed E-state index contributed by atoms with van der Waals surface area (Å²) in [5.41, 5.74) is 0.913. The molecule has 10 heteroatoms. The highest BCUT2D eigenvalue weighted by Gasteiger charge is 2.24. The summed E-state index contributed by atoms with van der Waals surface area (Å²) in [5.74, 6) is 1.13. The number of aromatic nitrogens is 3. The molecule has 1 fully saturated rings. The van der Waals surface area contributed by atoms with Crippen molar-refractivity contribution in [2.75, 3.05) is 0 Å². The molecule has 1 aliphatic rings. The van der Waals surface area contributed by atoms with Crippen LogP contribution in [0.3, 0.4) is 0 Å². The fourth-order valence-electron chi connectivity index (χ4n) is 3.93. The molecule has 0 bridgehead atoms. The van der Waals surface area contributed by atoms with Crippen LogP contribution in [0, 0.1) is 20.2 Å². The van der Waals surface area contributed by atoms with E-state index in [1.807, 2.05) is 30.3 Å². The Morgan fingerprint density at radius 2 is 1.58 bits per heavy atom. The Balaban J connectivity index is 1.65. The zero-order chi connectivity index (χ0) is 21.8. The van der Waals surface area contributed by atoms with Gasteiger partial charge in [-0.3, -0.25) is 24.8 Å². The first kappa shape index (κ1) is 21.0. The molecule has 4 rings (SSSR count). The van der Waals surface area contributed by atoms with Crippen molar-refractivity contribution in [3.05, 3.63) is 74.3 Å². The van der Waals surface area contributed by atoms with Crippen molar-refractivity contribution in [2.45, 2.75) is 49.1 Å². The lowest BCUT2D eigenvalue weighted by atomic mass is 9.95. The lowest BCUT2D eigenvalue weighted by Crippen LogP contribution is -2.15. The first-order chi connectivity index (χ1) is 15.0. The van der Waals surface area contributed by atoms with Crippen LogP contribution in [-0.2, 0) is 5.75 Å². The maximum atomic E-state index is 11.2. The van der Waals surface area contributed by atoms with Gasteiger partial charge < -0.3 is 0 Å². The highest BCUT2D eigenvalue weighted by molar-refractivity contribution is 7.98. The topological polar surface area (TPSA) is 117 Å². The van der Waals surface area contributed by atoms with Crippen molar-refractivity contribution in [3.8, 4) is 11.4 Å².